The smallest absolute Gasteiger partial charge is 0.334 e. The van der Waals surface area contributed by atoms with Crippen molar-refractivity contribution in [2.45, 2.75) is 153 Å². The largest absolute Gasteiger partial charge is 0.462 e. The lowest BCUT2D eigenvalue weighted by Gasteiger charge is -2.47. The standard InChI is InChI=1S/C38H70ClN3O7/c1-11-12-13-14-15-18-42-19-16-29(17-20-42)22-30-25-47-36(45)38(6,39)33(44)28(4)34(37(5,46-10)23-26(2)24-41(30)9)49-35-32(43)31(40(7)8)21-27(3)48-35/h26-32,34-35,43H,11-25H2,1-10H3/t26-,27-,28+,30-,31+,32-,34-,35+,37-,38+/m1/s1. The Hall–Kier alpha value is -0.850. The number of unbranched alkanes of at least 4 members (excludes halogenated alkanes) is 4. The fourth-order valence-electron chi connectivity index (χ4n) is 8.42. The topological polar surface area (TPSA) is 101 Å². The molecule has 3 rings (SSSR count). The maximum absolute atomic E-state index is 14.2. The van der Waals surface area contributed by atoms with Gasteiger partial charge in [0.25, 0.3) is 0 Å². The number of carbonyl (C=O) groups excluding carboxylic acids is 2. The van der Waals surface area contributed by atoms with Crippen molar-refractivity contribution in [1.82, 2.24) is 14.7 Å². The zero-order chi connectivity index (χ0) is 36.5. The minimum Gasteiger partial charge on any atom is -0.462 e. The summed E-state index contributed by atoms with van der Waals surface area (Å²) in [7, 11) is 7.56. The van der Waals surface area contributed by atoms with E-state index < -0.39 is 46.6 Å². The maximum atomic E-state index is 14.2. The summed E-state index contributed by atoms with van der Waals surface area (Å²) in [6.45, 7) is 15.8. The van der Waals surface area contributed by atoms with Crippen LogP contribution in [-0.2, 0) is 28.5 Å². The molecule has 286 valence electrons. The number of likely N-dealkylation sites (tertiary alicyclic amines) is 1. The number of methoxy groups -OCH3 is 1. The summed E-state index contributed by atoms with van der Waals surface area (Å²) in [5, 5.41) is 11.3. The normalized spacial score (nSPS) is 38.6. The molecule has 0 radical (unpaired) electrons. The second-order valence-electron chi connectivity index (χ2n) is 16.2. The van der Waals surface area contributed by atoms with Gasteiger partial charge < -0.3 is 33.9 Å². The number of aliphatic hydroxyl groups is 1. The Morgan fingerprint density at radius 2 is 1.71 bits per heavy atom. The number of halogens is 1. The molecule has 0 amide bonds. The van der Waals surface area contributed by atoms with Gasteiger partial charge in [0, 0.05) is 31.7 Å². The first-order valence-corrected chi connectivity index (χ1v) is 19.4. The summed E-state index contributed by atoms with van der Waals surface area (Å²) < 4.78 is 24.9. The number of piperidine rings is 1. The summed E-state index contributed by atoms with van der Waals surface area (Å²) in [5.41, 5.74) is -0.962. The van der Waals surface area contributed by atoms with Crippen molar-refractivity contribution in [2.75, 3.05) is 61.0 Å². The second kappa shape index (κ2) is 19.3. The molecule has 0 bridgehead atoms. The lowest BCUT2D eigenvalue weighted by Crippen LogP contribution is -2.60. The van der Waals surface area contributed by atoms with Gasteiger partial charge in [0.2, 0.25) is 0 Å². The van der Waals surface area contributed by atoms with E-state index in [0.717, 1.165) is 38.9 Å². The van der Waals surface area contributed by atoms with Gasteiger partial charge in [-0.3, -0.25) is 9.69 Å². The van der Waals surface area contributed by atoms with Crippen LogP contribution in [0.1, 0.15) is 106 Å². The number of cyclic esters (lactones) is 1. The first kappa shape index (κ1) is 42.6. The zero-order valence-electron chi connectivity index (χ0n) is 32.4. The molecule has 1 N–H and O–H groups in total. The Bertz CT molecular complexity index is 1030. The molecule has 49 heavy (non-hydrogen) atoms. The van der Waals surface area contributed by atoms with E-state index in [1.165, 1.54) is 45.6 Å². The molecule has 0 saturated carbocycles. The summed E-state index contributed by atoms with van der Waals surface area (Å²) in [5.74, 6) is -1.44. The van der Waals surface area contributed by atoms with Crippen LogP contribution < -0.4 is 0 Å². The molecule has 0 aromatic heterocycles. The van der Waals surface area contributed by atoms with Crippen molar-refractivity contribution >= 4 is 23.4 Å². The van der Waals surface area contributed by atoms with E-state index in [1.54, 1.807) is 14.0 Å². The summed E-state index contributed by atoms with van der Waals surface area (Å²) >= 11 is 6.83. The molecule has 3 fully saturated rings. The van der Waals surface area contributed by atoms with E-state index in [-0.39, 0.29) is 30.7 Å². The van der Waals surface area contributed by atoms with E-state index in [4.69, 9.17) is 30.5 Å². The van der Waals surface area contributed by atoms with E-state index >= 15 is 0 Å². The molecule has 0 aliphatic carbocycles. The Kier molecular flexibility index (Phi) is 16.8. The first-order valence-electron chi connectivity index (χ1n) is 19.1. The van der Waals surface area contributed by atoms with E-state index in [2.05, 4.69) is 30.7 Å². The van der Waals surface area contributed by atoms with Crippen LogP contribution in [0.25, 0.3) is 0 Å². The average molecular weight is 716 g/mol. The molecule has 10 nitrogen and oxygen atoms in total. The Morgan fingerprint density at radius 3 is 2.33 bits per heavy atom. The number of ketones is 1. The highest BCUT2D eigenvalue weighted by Crippen LogP contribution is 2.38. The molecule has 0 aromatic carbocycles. The molecule has 11 heteroatoms. The maximum Gasteiger partial charge on any atom is 0.334 e. The van der Waals surface area contributed by atoms with Crippen LogP contribution in [0.5, 0.6) is 0 Å². The number of hydrogen-bond acceptors (Lipinski definition) is 10. The van der Waals surface area contributed by atoms with Crippen LogP contribution in [0.15, 0.2) is 0 Å². The molecule has 0 spiro atoms. The number of hydrogen-bond donors (Lipinski definition) is 1. The number of Topliss-reactive ketones (excluding diaryl/α,β-unsaturated/α-hetero) is 1. The molecular weight excluding hydrogens is 646 g/mol. The SMILES string of the molecule is CCCCCCCN1CCC(C[C@@H]2COC(=O)[C@@](C)(Cl)C(=O)[C@H](C)[C@@H](O[C@@H]3O[C@H](C)C[C@H](N(C)C)[C@H]3O)[C@](C)(OC)C[C@@H](C)CN2C)CC1. The number of carbonyl (C=O) groups is 2. The highest BCUT2D eigenvalue weighted by molar-refractivity contribution is 6.45. The molecule has 10 atom stereocenters. The zero-order valence-corrected chi connectivity index (χ0v) is 33.2. The van der Waals surface area contributed by atoms with Crippen LogP contribution in [0.2, 0.25) is 0 Å². The van der Waals surface area contributed by atoms with Gasteiger partial charge in [0.15, 0.2) is 16.9 Å². The van der Waals surface area contributed by atoms with Gasteiger partial charge >= 0.3 is 5.97 Å². The Morgan fingerprint density at radius 1 is 1.06 bits per heavy atom. The molecule has 0 aromatic rings. The number of nitrogens with zero attached hydrogens (tertiary/aromatic N) is 3. The van der Waals surface area contributed by atoms with E-state index in [9.17, 15) is 14.7 Å². The van der Waals surface area contributed by atoms with Crippen LogP contribution in [-0.4, -0.2) is 140 Å². The number of likely N-dealkylation sites (N-methyl/N-ethyl adjacent to an activating group) is 2. The highest BCUT2D eigenvalue weighted by Gasteiger charge is 2.52. The predicted octanol–water partition coefficient (Wildman–Crippen LogP) is 5.36. The third-order valence-corrected chi connectivity index (χ3v) is 12.0. The van der Waals surface area contributed by atoms with E-state index in [1.807, 2.05) is 32.8 Å². The van der Waals surface area contributed by atoms with Crippen molar-refractivity contribution in [1.29, 1.82) is 0 Å². The summed E-state index contributed by atoms with van der Waals surface area (Å²) in [6, 6.07) is -0.197. The van der Waals surface area contributed by atoms with Crippen molar-refractivity contribution in [3.63, 3.8) is 0 Å². The fraction of sp³-hybridized carbons (Fsp3) is 0.947. The van der Waals surface area contributed by atoms with Crippen molar-refractivity contribution in [3.8, 4) is 0 Å². The molecule has 3 saturated heterocycles. The minimum absolute atomic E-state index is 0.00572. The molecule has 3 aliphatic rings. The predicted molar refractivity (Wildman–Crippen MR) is 195 cm³/mol. The van der Waals surface area contributed by atoms with Gasteiger partial charge in [0.1, 0.15) is 12.7 Å². The van der Waals surface area contributed by atoms with Crippen LogP contribution in [0.3, 0.4) is 0 Å². The van der Waals surface area contributed by atoms with Gasteiger partial charge in [-0.2, -0.15) is 0 Å². The third kappa shape index (κ3) is 11.6. The lowest BCUT2D eigenvalue weighted by molar-refractivity contribution is -0.295. The molecular formula is C38H70ClN3O7. The summed E-state index contributed by atoms with van der Waals surface area (Å²) in [4.78, 5) is 32.7. The summed E-state index contributed by atoms with van der Waals surface area (Å²) in [6.07, 6.45) is 7.92. The monoisotopic (exact) mass is 715 g/mol. The van der Waals surface area contributed by atoms with Crippen molar-refractivity contribution in [3.05, 3.63) is 0 Å². The van der Waals surface area contributed by atoms with Crippen molar-refractivity contribution < 1.29 is 33.6 Å². The van der Waals surface area contributed by atoms with Crippen molar-refractivity contribution in [2.24, 2.45) is 17.8 Å². The average Bonchev–Trinajstić information content (AvgIpc) is 3.05. The van der Waals surface area contributed by atoms with Crippen LogP contribution >= 0.6 is 11.6 Å². The van der Waals surface area contributed by atoms with Crippen LogP contribution in [0, 0.1) is 17.8 Å². The van der Waals surface area contributed by atoms with Crippen LogP contribution in [0.4, 0.5) is 0 Å². The van der Waals surface area contributed by atoms with Gasteiger partial charge in [-0.1, -0.05) is 58.1 Å². The third-order valence-electron chi connectivity index (χ3n) is 11.6. The Balaban J connectivity index is 1.80. The first-order chi connectivity index (χ1) is 23.0. The highest BCUT2D eigenvalue weighted by atomic mass is 35.5. The number of esters is 1. The Labute approximate surface area is 302 Å². The number of aliphatic hydroxyl groups excluding tert-OH is 1. The number of ether oxygens (including phenoxy) is 4. The second-order valence-corrected chi connectivity index (χ2v) is 17.0. The molecule has 3 heterocycles. The molecule has 3 aliphatic heterocycles. The van der Waals surface area contributed by atoms with Gasteiger partial charge in [-0.15, -0.1) is 0 Å². The lowest BCUT2D eigenvalue weighted by atomic mass is 9.78. The number of rotatable bonds is 12. The fourth-order valence-corrected chi connectivity index (χ4v) is 8.65. The van der Waals surface area contributed by atoms with Gasteiger partial charge in [-0.25, -0.2) is 4.79 Å². The quantitative estimate of drug-likeness (QED) is 0.123. The van der Waals surface area contributed by atoms with Gasteiger partial charge in [0.05, 0.1) is 17.8 Å². The minimum atomic E-state index is -1.92. The van der Waals surface area contributed by atoms with E-state index in [0.29, 0.717) is 18.8 Å². The number of alkyl halides is 1. The van der Waals surface area contributed by atoms with Gasteiger partial charge in [-0.05, 0) is 112 Å². The molecule has 0 unspecified atom stereocenters.